The minimum atomic E-state index is -1.18. The molecule has 0 aliphatic carbocycles. The molecule has 5 aromatic rings. The van der Waals surface area contributed by atoms with E-state index in [0.717, 1.165) is 17.7 Å². The topological polar surface area (TPSA) is 108 Å². The minimum Gasteiger partial charge on any atom is -0.489 e. The highest BCUT2D eigenvalue weighted by Gasteiger charge is 2.50. The Morgan fingerprint density at radius 2 is 1.29 bits per heavy atom. The van der Waals surface area contributed by atoms with Gasteiger partial charge in [-0.1, -0.05) is 97.1 Å². The predicted octanol–water partition coefficient (Wildman–Crippen LogP) is 8.56. The highest BCUT2D eigenvalue weighted by molar-refractivity contribution is 7.99. The van der Waals surface area contributed by atoms with Crippen molar-refractivity contribution >= 4 is 41.3 Å². The van der Waals surface area contributed by atoms with Crippen molar-refractivity contribution in [3.63, 3.8) is 0 Å². The second-order valence-corrected chi connectivity index (χ2v) is 15.3. The average molecular weight is 770 g/mol. The van der Waals surface area contributed by atoms with Gasteiger partial charge in [-0.3, -0.25) is 9.59 Å². The Kier molecular flexibility index (Phi) is 12.5. The maximum atomic E-state index is 14.7. The molecule has 5 atom stereocenters. The lowest BCUT2D eigenvalue weighted by molar-refractivity contribution is -0.148. The summed E-state index contributed by atoms with van der Waals surface area (Å²) < 4.78 is 24.9. The molecule has 0 bridgehead atoms. The number of nitrogens with zero attached hydrogens (tertiary/aromatic N) is 1. The number of aryl methyl sites for hydroxylation is 1. The molecule has 56 heavy (non-hydrogen) atoms. The summed E-state index contributed by atoms with van der Waals surface area (Å²) in [4.78, 5) is 56.7. The molecular weight excluding hydrogens is 727 g/mol. The van der Waals surface area contributed by atoms with Crippen molar-refractivity contribution in [2.45, 2.75) is 68.8 Å². The lowest BCUT2D eigenvalue weighted by Gasteiger charge is -2.47. The zero-order chi connectivity index (χ0) is 38.9. The number of hydrogen-bond acceptors (Lipinski definition) is 9. The third-order valence-corrected chi connectivity index (χ3v) is 11.2. The van der Waals surface area contributed by atoms with Crippen LogP contribution >= 0.6 is 11.8 Å². The second kappa shape index (κ2) is 18.2. The molecule has 0 aromatic heterocycles. The molecule has 1 fully saturated rings. The molecule has 2 heterocycles. The van der Waals surface area contributed by atoms with Gasteiger partial charge in [0.2, 0.25) is 5.91 Å². The van der Waals surface area contributed by atoms with Crippen molar-refractivity contribution in [2.24, 2.45) is 0 Å². The Labute approximate surface area is 330 Å². The van der Waals surface area contributed by atoms with Crippen molar-refractivity contribution in [3.8, 4) is 5.75 Å². The first-order chi connectivity index (χ1) is 27.3. The SMILES string of the molecule is CC(=O)O[C@@H]1C[C@H](SCCc2ccccc2)CC(=O)N2c3ccc(OCc4ccccc4)cc3[C@H](OC(=O)c3ccccc3)[C@@H](OC(=O)c3ccccc3)[C@@H]2C1. The normalized spacial score (nSPS) is 20.3. The maximum Gasteiger partial charge on any atom is 0.338 e. The predicted molar refractivity (Wildman–Crippen MR) is 215 cm³/mol. The van der Waals surface area contributed by atoms with Gasteiger partial charge in [0.25, 0.3) is 0 Å². The number of benzene rings is 5. The van der Waals surface area contributed by atoms with Crippen LogP contribution in [0.4, 0.5) is 5.69 Å². The Morgan fingerprint density at radius 1 is 0.696 bits per heavy atom. The number of esters is 3. The first-order valence-corrected chi connectivity index (χ1v) is 19.8. The Hall–Kier alpha value is -5.87. The van der Waals surface area contributed by atoms with Crippen molar-refractivity contribution in [1.82, 2.24) is 0 Å². The molecule has 2 aliphatic rings. The molecule has 286 valence electrons. The monoisotopic (exact) mass is 769 g/mol. The van der Waals surface area contributed by atoms with Crippen LogP contribution in [-0.2, 0) is 36.8 Å². The van der Waals surface area contributed by atoms with E-state index >= 15 is 0 Å². The zero-order valence-corrected chi connectivity index (χ0v) is 31.8. The molecule has 2 aliphatic heterocycles. The molecule has 10 heteroatoms. The van der Waals surface area contributed by atoms with Crippen LogP contribution < -0.4 is 9.64 Å². The number of hydrogen-bond donors (Lipinski definition) is 0. The largest absolute Gasteiger partial charge is 0.489 e. The first kappa shape index (κ1) is 38.4. The van der Waals surface area contributed by atoms with Crippen LogP contribution in [0.1, 0.15) is 69.7 Å². The van der Waals surface area contributed by atoms with Crippen molar-refractivity contribution in [2.75, 3.05) is 10.7 Å². The van der Waals surface area contributed by atoms with Gasteiger partial charge in [-0.2, -0.15) is 11.8 Å². The van der Waals surface area contributed by atoms with Gasteiger partial charge in [-0.15, -0.1) is 0 Å². The summed E-state index contributed by atoms with van der Waals surface area (Å²) in [6.07, 6.45) is -1.44. The number of rotatable bonds is 12. The van der Waals surface area contributed by atoms with E-state index in [4.69, 9.17) is 18.9 Å². The van der Waals surface area contributed by atoms with Crippen molar-refractivity contribution in [3.05, 3.63) is 167 Å². The minimum absolute atomic E-state index is 0.138. The molecule has 7 rings (SSSR count). The van der Waals surface area contributed by atoms with E-state index in [1.54, 1.807) is 95.5 Å². The molecule has 5 aromatic carbocycles. The Balaban J connectivity index is 1.29. The lowest BCUT2D eigenvalue weighted by Crippen LogP contribution is -2.58. The standard InChI is InChI=1S/C46H43NO8S/c1-31(48)53-37-26-38(56-25-24-32-14-6-2-7-15-32)29-42(49)47-40-23-22-36(52-30-33-16-8-3-9-17-33)27-39(40)43(54-45(50)34-18-10-4-11-19-34)44(41(47)28-37)55-46(51)35-20-12-5-13-21-35/h2-23,27,37-38,41,43-44H,24-26,28-30H2,1H3/t37-,38+,41+,43+,44+/m1/s1. The van der Waals surface area contributed by atoms with Gasteiger partial charge >= 0.3 is 17.9 Å². The number of amides is 1. The molecule has 9 nitrogen and oxygen atoms in total. The number of thioether (sulfide) groups is 1. The molecule has 0 radical (unpaired) electrons. The van der Waals surface area contributed by atoms with Crippen molar-refractivity contribution in [1.29, 1.82) is 0 Å². The van der Waals surface area contributed by atoms with Crippen LogP contribution in [0.3, 0.4) is 0 Å². The molecule has 1 saturated heterocycles. The van der Waals surface area contributed by atoms with Gasteiger partial charge in [0.1, 0.15) is 18.5 Å². The number of carbonyl (C=O) groups is 4. The van der Waals surface area contributed by atoms with E-state index in [2.05, 4.69) is 12.1 Å². The highest BCUT2D eigenvalue weighted by atomic mass is 32.2. The fraction of sp³-hybridized carbons (Fsp3) is 0.261. The van der Waals surface area contributed by atoms with E-state index in [1.807, 2.05) is 48.5 Å². The van der Waals surface area contributed by atoms with E-state index in [-0.39, 0.29) is 30.6 Å². The molecule has 0 unspecified atom stereocenters. The summed E-state index contributed by atoms with van der Waals surface area (Å²) in [5.41, 5.74) is 3.71. The number of fused-ring (bicyclic) bond motifs is 3. The molecule has 0 saturated carbocycles. The van der Waals surface area contributed by atoms with E-state index in [1.165, 1.54) is 12.5 Å². The van der Waals surface area contributed by atoms with Crippen LogP contribution in [0.15, 0.2) is 140 Å². The third kappa shape index (κ3) is 9.49. The summed E-state index contributed by atoms with van der Waals surface area (Å²) in [7, 11) is 0. The van der Waals surface area contributed by atoms with Gasteiger partial charge < -0.3 is 23.8 Å². The molecular formula is C46H43NO8S. The fourth-order valence-corrected chi connectivity index (χ4v) is 8.65. The fourth-order valence-electron chi connectivity index (χ4n) is 7.35. The van der Waals surface area contributed by atoms with E-state index in [9.17, 15) is 19.2 Å². The second-order valence-electron chi connectivity index (χ2n) is 13.9. The van der Waals surface area contributed by atoms with Crippen LogP contribution in [0.2, 0.25) is 0 Å². The van der Waals surface area contributed by atoms with Crippen LogP contribution in [0, 0.1) is 0 Å². The van der Waals surface area contributed by atoms with Gasteiger partial charge in [0, 0.05) is 30.6 Å². The maximum absolute atomic E-state index is 14.7. The van der Waals surface area contributed by atoms with Crippen LogP contribution in [-0.4, -0.2) is 53.1 Å². The quantitative estimate of drug-likeness (QED) is 0.0911. The summed E-state index contributed by atoms with van der Waals surface area (Å²) in [6, 6.07) is 41.4. The Morgan fingerprint density at radius 3 is 1.91 bits per heavy atom. The van der Waals surface area contributed by atoms with Crippen LogP contribution in [0.25, 0.3) is 0 Å². The number of ether oxygens (including phenoxy) is 4. The van der Waals surface area contributed by atoms with E-state index < -0.39 is 42.3 Å². The molecule has 0 spiro atoms. The lowest BCUT2D eigenvalue weighted by atomic mass is 9.84. The highest BCUT2D eigenvalue weighted by Crippen LogP contribution is 2.46. The van der Waals surface area contributed by atoms with Gasteiger partial charge in [0.05, 0.1) is 22.9 Å². The Bertz CT molecular complexity index is 2120. The smallest absolute Gasteiger partial charge is 0.338 e. The van der Waals surface area contributed by atoms with Crippen molar-refractivity contribution < 1.29 is 38.1 Å². The summed E-state index contributed by atoms with van der Waals surface area (Å²) in [6.45, 7) is 1.64. The average Bonchev–Trinajstić information content (AvgIpc) is 3.21. The van der Waals surface area contributed by atoms with Gasteiger partial charge in [0.15, 0.2) is 12.2 Å². The van der Waals surface area contributed by atoms with Crippen LogP contribution in [0.5, 0.6) is 5.75 Å². The zero-order valence-electron chi connectivity index (χ0n) is 31.0. The molecule has 1 amide bonds. The first-order valence-electron chi connectivity index (χ1n) is 18.8. The summed E-state index contributed by atoms with van der Waals surface area (Å²) in [5, 5.41) is -0.160. The van der Waals surface area contributed by atoms with Gasteiger partial charge in [-0.05, 0) is 72.2 Å². The van der Waals surface area contributed by atoms with E-state index in [0.29, 0.717) is 34.5 Å². The number of carbonyl (C=O) groups excluding carboxylic acids is 4. The summed E-state index contributed by atoms with van der Waals surface area (Å²) in [5.74, 6) is -0.666. The number of anilines is 1. The summed E-state index contributed by atoms with van der Waals surface area (Å²) >= 11 is 1.68. The van der Waals surface area contributed by atoms with Gasteiger partial charge in [-0.25, -0.2) is 9.59 Å². The third-order valence-electron chi connectivity index (χ3n) is 9.94. The molecule has 0 N–H and O–H groups in total.